The van der Waals surface area contributed by atoms with Crippen molar-refractivity contribution < 1.29 is 62.1 Å². The van der Waals surface area contributed by atoms with Crippen molar-refractivity contribution >= 4 is 74.0 Å². The van der Waals surface area contributed by atoms with Crippen LogP contribution < -0.4 is 0 Å². The van der Waals surface area contributed by atoms with Gasteiger partial charge >= 0.3 is 0 Å². The Balaban J connectivity index is 1.94. The van der Waals surface area contributed by atoms with Gasteiger partial charge in [0, 0.05) is 0 Å². The summed E-state index contributed by atoms with van der Waals surface area (Å²) in [6, 6.07) is 9.00. The molecule has 0 radical (unpaired) electrons. The zero-order valence-electron chi connectivity index (χ0n) is 21.1. The van der Waals surface area contributed by atoms with Crippen molar-refractivity contribution in [3.8, 4) is 11.5 Å². The Morgan fingerprint density at radius 2 is 0.773 bits per heavy atom. The largest absolute Gasteiger partial charge is 0.505 e. The highest BCUT2D eigenvalue weighted by Gasteiger charge is 2.29. The summed E-state index contributed by atoms with van der Waals surface area (Å²) in [6.07, 6.45) is 0. The number of nitrogens with zero attached hydrogens (tertiary/aromatic N) is 4. The van der Waals surface area contributed by atoms with E-state index in [1.165, 1.54) is 0 Å². The molecule has 4 aromatic rings. The summed E-state index contributed by atoms with van der Waals surface area (Å²) >= 11 is 0. The number of phenols is 2. The maximum absolute atomic E-state index is 12.1. The molecule has 0 aliphatic carbocycles. The fraction of sp³-hybridized carbons (Fsp3) is 0. The van der Waals surface area contributed by atoms with Gasteiger partial charge in [-0.05, 0) is 66.0 Å². The number of phenolic OH excluding ortho intramolecular Hbond substituents is 2. The maximum Gasteiger partial charge on any atom is 0.296 e. The Bertz CT molecular complexity index is 2160. The van der Waals surface area contributed by atoms with E-state index in [2.05, 4.69) is 20.5 Å². The number of rotatable bonds is 8. The second kappa shape index (κ2) is 11.3. The Kier molecular flexibility index (Phi) is 8.31. The molecule has 232 valence electrons. The van der Waals surface area contributed by atoms with Crippen LogP contribution in [-0.4, -0.2) is 62.1 Å². The first-order valence-electron chi connectivity index (χ1n) is 11.2. The first kappa shape index (κ1) is 32.5. The van der Waals surface area contributed by atoms with E-state index in [0.717, 1.165) is 48.5 Å². The minimum atomic E-state index is -5.23. The third-order valence-electron chi connectivity index (χ3n) is 5.61. The summed E-state index contributed by atoms with van der Waals surface area (Å²) in [5, 5.41) is 35.1. The van der Waals surface area contributed by atoms with Gasteiger partial charge in [0.1, 0.15) is 21.2 Å². The van der Waals surface area contributed by atoms with Gasteiger partial charge in [-0.3, -0.25) is 18.2 Å². The number of hydrogen-bond donors (Lipinski definition) is 6. The maximum atomic E-state index is 12.1. The quantitative estimate of drug-likeness (QED) is 0.112. The number of azo groups is 2. The molecule has 0 fully saturated rings. The van der Waals surface area contributed by atoms with Gasteiger partial charge in [0.15, 0.2) is 11.5 Å². The van der Waals surface area contributed by atoms with E-state index in [1.54, 1.807) is 0 Å². The molecular formula is C22H16N4O14S4. The van der Waals surface area contributed by atoms with Gasteiger partial charge < -0.3 is 10.2 Å². The van der Waals surface area contributed by atoms with E-state index in [0.29, 0.717) is 12.1 Å². The fourth-order valence-electron chi connectivity index (χ4n) is 3.63. The van der Waals surface area contributed by atoms with Crippen molar-refractivity contribution in [2.24, 2.45) is 20.5 Å². The molecule has 0 atom stereocenters. The molecule has 4 aromatic carbocycles. The van der Waals surface area contributed by atoms with Gasteiger partial charge in [0.25, 0.3) is 40.5 Å². The number of benzene rings is 4. The SMILES string of the molecule is O=S(=O)(O)c1ccc(N=Nc2c(S(=O)(=O)O)cc3cc(S(=O)(=O)O)c(N=Nc4ccc(S(=O)(=O)O)cc4)c(O)c3c2O)cc1. The average Bonchev–Trinajstić information content (AvgIpc) is 2.90. The Morgan fingerprint density at radius 1 is 0.455 bits per heavy atom. The molecule has 0 bridgehead atoms. The van der Waals surface area contributed by atoms with Gasteiger partial charge in [-0.15, -0.1) is 10.2 Å². The van der Waals surface area contributed by atoms with Crippen molar-refractivity contribution in [3.63, 3.8) is 0 Å². The van der Waals surface area contributed by atoms with Gasteiger partial charge in [0.05, 0.1) is 26.6 Å². The standard InChI is InChI=1S/C22H16N4O14S4/c27-21-18-11(9-16(43(35,36)37)19(21)25-23-12-1-5-14(6-2-12)41(29,30)31)10-17(44(38,39)40)20(22(18)28)26-24-13-3-7-15(8-4-13)42(32,33)34/h1-10,27-28H,(H,29,30,31)(H,32,33,34)(H,35,36,37)(H,38,39,40). The third kappa shape index (κ3) is 6.87. The van der Waals surface area contributed by atoms with Crippen LogP contribution in [0.5, 0.6) is 11.5 Å². The van der Waals surface area contributed by atoms with E-state index in [4.69, 9.17) is 9.11 Å². The molecule has 0 saturated carbocycles. The lowest BCUT2D eigenvalue weighted by Crippen LogP contribution is -2.01. The lowest BCUT2D eigenvalue weighted by molar-refractivity contribution is 0.458. The Morgan fingerprint density at radius 3 is 1.05 bits per heavy atom. The van der Waals surface area contributed by atoms with Crippen LogP contribution in [0.3, 0.4) is 0 Å². The third-order valence-corrected chi connectivity index (χ3v) is 9.08. The molecule has 0 amide bonds. The van der Waals surface area contributed by atoms with Crippen molar-refractivity contribution in [1.82, 2.24) is 0 Å². The van der Waals surface area contributed by atoms with Gasteiger partial charge in [-0.1, -0.05) is 0 Å². The molecule has 4 rings (SSSR count). The number of hydrogen-bond acceptors (Lipinski definition) is 14. The number of fused-ring (bicyclic) bond motifs is 1. The molecule has 22 heteroatoms. The van der Waals surface area contributed by atoms with E-state index in [9.17, 15) is 53.0 Å². The van der Waals surface area contributed by atoms with Gasteiger partial charge in [-0.2, -0.15) is 43.9 Å². The topological polar surface area (TPSA) is 307 Å². The fourth-order valence-corrected chi connectivity index (χ4v) is 5.91. The van der Waals surface area contributed by atoms with Crippen LogP contribution in [0.1, 0.15) is 0 Å². The highest BCUT2D eigenvalue weighted by Crippen LogP contribution is 2.50. The van der Waals surface area contributed by atoms with Crippen molar-refractivity contribution in [3.05, 3.63) is 60.7 Å². The second-order valence-electron chi connectivity index (χ2n) is 8.53. The highest BCUT2D eigenvalue weighted by atomic mass is 32.2. The molecule has 0 heterocycles. The predicted octanol–water partition coefficient (Wildman–Crippen LogP) is 4.07. The van der Waals surface area contributed by atoms with Gasteiger partial charge in [0.2, 0.25) is 0 Å². The van der Waals surface area contributed by atoms with E-state index >= 15 is 0 Å². The first-order chi connectivity index (χ1) is 20.2. The lowest BCUT2D eigenvalue weighted by atomic mass is 10.1. The molecule has 18 nitrogen and oxygen atoms in total. The zero-order chi connectivity index (χ0) is 32.8. The minimum absolute atomic E-state index is 0.140. The van der Waals surface area contributed by atoms with Crippen molar-refractivity contribution in [1.29, 1.82) is 0 Å². The molecular weight excluding hydrogens is 673 g/mol. The minimum Gasteiger partial charge on any atom is -0.505 e. The smallest absolute Gasteiger partial charge is 0.296 e. The molecule has 0 saturated heterocycles. The molecule has 0 unspecified atom stereocenters. The van der Waals surface area contributed by atoms with Gasteiger partial charge in [-0.25, -0.2) is 0 Å². The Hall–Kier alpha value is -4.42. The predicted molar refractivity (Wildman–Crippen MR) is 148 cm³/mol. The molecule has 0 aliphatic rings. The molecule has 0 aliphatic heterocycles. The summed E-state index contributed by atoms with van der Waals surface area (Å²) in [5.74, 6) is -2.36. The summed E-state index contributed by atoms with van der Waals surface area (Å²) < 4.78 is 131. The van der Waals surface area contributed by atoms with Crippen LogP contribution in [-0.2, 0) is 40.5 Å². The van der Waals surface area contributed by atoms with Crippen LogP contribution in [0.25, 0.3) is 10.8 Å². The number of aromatic hydroxyl groups is 2. The molecule has 44 heavy (non-hydrogen) atoms. The van der Waals surface area contributed by atoms with E-state index in [-0.39, 0.29) is 11.4 Å². The van der Waals surface area contributed by atoms with E-state index < -0.39 is 93.7 Å². The molecule has 0 spiro atoms. The van der Waals surface area contributed by atoms with E-state index in [1.807, 2.05) is 0 Å². The summed E-state index contributed by atoms with van der Waals surface area (Å²) in [7, 11) is -19.6. The summed E-state index contributed by atoms with van der Waals surface area (Å²) in [6.45, 7) is 0. The average molecular weight is 689 g/mol. The first-order valence-corrected chi connectivity index (χ1v) is 16.9. The lowest BCUT2D eigenvalue weighted by Gasteiger charge is -2.13. The highest BCUT2D eigenvalue weighted by molar-refractivity contribution is 7.86. The Labute approximate surface area is 247 Å². The van der Waals surface area contributed by atoms with Crippen LogP contribution in [0, 0.1) is 0 Å². The molecule has 6 N–H and O–H groups in total. The second-order valence-corrected chi connectivity index (χ2v) is 14.2. The zero-order valence-corrected chi connectivity index (χ0v) is 24.4. The van der Waals surface area contributed by atoms with Crippen LogP contribution in [0.4, 0.5) is 22.7 Å². The normalized spacial score (nSPS) is 13.3. The summed E-state index contributed by atoms with van der Waals surface area (Å²) in [4.78, 5) is -3.29. The van der Waals surface area contributed by atoms with Crippen LogP contribution >= 0.6 is 0 Å². The summed E-state index contributed by atoms with van der Waals surface area (Å²) in [5.41, 5.74) is -2.23. The van der Waals surface area contributed by atoms with Crippen LogP contribution in [0.15, 0.2) is 101 Å². The molecule has 0 aromatic heterocycles. The van der Waals surface area contributed by atoms with Crippen molar-refractivity contribution in [2.45, 2.75) is 19.6 Å². The monoisotopic (exact) mass is 688 g/mol. The van der Waals surface area contributed by atoms with Crippen LogP contribution in [0.2, 0.25) is 0 Å². The van der Waals surface area contributed by atoms with Crippen molar-refractivity contribution in [2.75, 3.05) is 0 Å².